The number of hydrogen-bond donors (Lipinski definition) is 0. The van der Waals surface area contributed by atoms with Gasteiger partial charge in [-0.05, 0) is 79.8 Å². The van der Waals surface area contributed by atoms with E-state index in [1.54, 1.807) is 35.6 Å². The summed E-state index contributed by atoms with van der Waals surface area (Å²) in [7, 11) is 0. The summed E-state index contributed by atoms with van der Waals surface area (Å²) >= 11 is 1.57. The molecule has 1 aliphatic rings. The van der Waals surface area contributed by atoms with Crippen molar-refractivity contribution < 1.29 is 18.3 Å². The molecule has 1 saturated heterocycles. The Balaban J connectivity index is 1.74. The minimum Gasteiger partial charge on any atom is -0.435 e. The van der Waals surface area contributed by atoms with Crippen LogP contribution in [0.3, 0.4) is 0 Å². The van der Waals surface area contributed by atoms with E-state index in [0.717, 1.165) is 41.2 Å². The van der Waals surface area contributed by atoms with Crippen LogP contribution >= 0.6 is 11.3 Å². The third kappa shape index (κ3) is 4.96. The Kier molecular flexibility index (Phi) is 6.29. The number of aromatic nitrogens is 1. The fourth-order valence-electron chi connectivity index (χ4n) is 3.75. The van der Waals surface area contributed by atoms with Crippen LogP contribution in [0.25, 0.3) is 11.3 Å². The van der Waals surface area contributed by atoms with Gasteiger partial charge >= 0.3 is 6.61 Å². The topological polar surface area (TPSA) is 35.8 Å². The molecule has 0 saturated carbocycles. The van der Waals surface area contributed by atoms with Crippen LogP contribution in [0.1, 0.15) is 24.0 Å². The summed E-state index contributed by atoms with van der Waals surface area (Å²) in [5.74, 6) is 0.148. The number of halogens is 2. The van der Waals surface area contributed by atoms with Crippen molar-refractivity contribution >= 4 is 17.0 Å². The first-order chi connectivity index (χ1) is 14.5. The molecule has 1 aliphatic heterocycles. The normalized spacial score (nSPS) is 17.1. The zero-order valence-electron chi connectivity index (χ0n) is 17.0. The van der Waals surface area contributed by atoms with E-state index in [-0.39, 0.29) is 11.9 Å². The Hall–Kier alpha value is -2.51. The summed E-state index contributed by atoms with van der Waals surface area (Å²) in [4.78, 5) is 5.80. The molecule has 0 N–H and O–H groups in total. The molecule has 0 aliphatic carbocycles. The monoisotopic (exact) mass is 430 g/mol. The standard InChI is InChI=1S/C23H24F2N2O2S/c1-15-10-16(2)12-18(11-15)26-23-27(13-20-4-3-9-28-20)21(14-30-23)17-5-7-19(8-6-17)29-22(24)25/h5-8,10-12,14,20,22H,3-4,9,13H2,1-2H3. The zero-order valence-corrected chi connectivity index (χ0v) is 17.8. The van der Waals surface area contributed by atoms with Gasteiger partial charge in [0.2, 0.25) is 0 Å². The Morgan fingerprint density at radius 1 is 1.17 bits per heavy atom. The smallest absolute Gasteiger partial charge is 0.387 e. The number of hydrogen-bond acceptors (Lipinski definition) is 4. The minimum atomic E-state index is -2.83. The van der Waals surface area contributed by atoms with Crippen molar-refractivity contribution in [3.05, 3.63) is 63.8 Å². The molecule has 30 heavy (non-hydrogen) atoms. The van der Waals surface area contributed by atoms with E-state index in [1.165, 1.54) is 11.1 Å². The summed E-state index contributed by atoms with van der Waals surface area (Å²) in [6, 6.07) is 13.0. The van der Waals surface area contributed by atoms with Gasteiger partial charge in [-0.25, -0.2) is 4.99 Å². The van der Waals surface area contributed by atoms with Gasteiger partial charge in [0, 0.05) is 12.0 Å². The van der Waals surface area contributed by atoms with Crippen molar-refractivity contribution in [2.45, 2.75) is 45.9 Å². The lowest BCUT2D eigenvalue weighted by Gasteiger charge is -2.14. The van der Waals surface area contributed by atoms with Gasteiger partial charge in [-0.2, -0.15) is 8.78 Å². The summed E-state index contributed by atoms with van der Waals surface area (Å²) in [6.07, 6.45) is 2.23. The third-order valence-corrected chi connectivity index (χ3v) is 5.88. The van der Waals surface area contributed by atoms with E-state index in [0.29, 0.717) is 6.54 Å². The van der Waals surface area contributed by atoms with E-state index in [2.05, 4.69) is 46.7 Å². The van der Waals surface area contributed by atoms with Gasteiger partial charge in [-0.15, -0.1) is 11.3 Å². The average molecular weight is 431 g/mol. The zero-order chi connectivity index (χ0) is 21.1. The molecule has 1 unspecified atom stereocenters. The number of ether oxygens (including phenoxy) is 2. The molecule has 7 heteroatoms. The number of benzene rings is 2. The predicted octanol–water partition coefficient (Wildman–Crippen LogP) is 5.85. The lowest BCUT2D eigenvalue weighted by atomic mass is 10.1. The van der Waals surface area contributed by atoms with Gasteiger partial charge < -0.3 is 14.0 Å². The Morgan fingerprint density at radius 3 is 2.53 bits per heavy atom. The number of rotatable bonds is 6. The molecule has 0 bridgehead atoms. The molecule has 2 heterocycles. The third-order valence-electron chi connectivity index (χ3n) is 5.01. The second-order valence-corrected chi connectivity index (χ2v) is 8.35. The molecule has 4 nitrogen and oxygen atoms in total. The van der Waals surface area contributed by atoms with E-state index < -0.39 is 6.61 Å². The van der Waals surface area contributed by atoms with Gasteiger partial charge in [0.15, 0.2) is 4.80 Å². The van der Waals surface area contributed by atoms with Crippen LogP contribution in [-0.2, 0) is 11.3 Å². The first-order valence-corrected chi connectivity index (χ1v) is 10.8. The fourth-order valence-corrected chi connectivity index (χ4v) is 4.69. The highest BCUT2D eigenvalue weighted by Gasteiger charge is 2.19. The lowest BCUT2D eigenvalue weighted by Crippen LogP contribution is -2.24. The molecule has 1 atom stereocenters. The molecule has 4 rings (SSSR count). The maximum absolute atomic E-state index is 12.5. The molecule has 2 aromatic carbocycles. The average Bonchev–Trinajstić information content (AvgIpc) is 3.32. The second-order valence-electron chi connectivity index (χ2n) is 7.51. The molecular weight excluding hydrogens is 406 g/mol. The molecule has 158 valence electrons. The van der Waals surface area contributed by atoms with Crippen LogP contribution < -0.4 is 9.54 Å². The molecule has 0 radical (unpaired) electrons. The maximum Gasteiger partial charge on any atom is 0.387 e. The highest BCUT2D eigenvalue weighted by molar-refractivity contribution is 7.07. The van der Waals surface area contributed by atoms with Crippen molar-refractivity contribution in [1.82, 2.24) is 4.57 Å². The van der Waals surface area contributed by atoms with Gasteiger partial charge in [0.05, 0.1) is 24.0 Å². The minimum absolute atomic E-state index is 0.148. The van der Waals surface area contributed by atoms with Crippen LogP contribution in [0, 0.1) is 13.8 Å². The lowest BCUT2D eigenvalue weighted by molar-refractivity contribution is -0.0498. The van der Waals surface area contributed by atoms with Crippen LogP contribution in [0.5, 0.6) is 5.75 Å². The van der Waals surface area contributed by atoms with Crippen molar-refractivity contribution in [2.75, 3.05) is 6.61 Å². The van der Waals surface area contributed by atoms with Gasteiger partial charge in [0.25, 0.3) is 0 Å². The highest BCUT2D eigenvalue weighted by Crippen LogP contribution is 2.26. The molecule has 1 aromatic heterocycles. The van der Waals surface area contributed by atoms with E-state index in [1.807, 2.05) is 0 Å². The van der Waals surface area contributed by atoms with Crippen LogP contribution in [-0.4, -0.2) is 23.9 Å². The quantitative estimate of drug-likeness (QED) is 0.492. The first kappa shape index (κ1) is 20.8. The molecule has 0 amide bonds. The number of thiazole rings is 1. The maximum atomic E-state index is 12.5. The fraction of sp³-hybridized carbons (Fsp3) is 0.348. The Bertz CT molecular complexity index is 1050. The largest absolute Gasteiger partial charge is 0.435 e. The summed E-state index contributed by atoms with van der Waals surface area (Å²) in [5, 5.41) is 2.05. The van der Waals surface area contributed by atoms with Gasteiger partial charge in [0.1, 0.15) is 5.75 Å². The predicted molar refractivity (Wildman–Crippen MR) is 114 cm³/mol. The van der Waals surface area contributed by atoms with Crippen LogP contribution in [0.2, 0.25) is 0 Å². The molecule has 1 fully saturated rings. The summed E-state index contributed by atoms with van der Waals surface area (Å²) in [5.41, 5.74) is 5.18. The Labute approximate surface area is 178 Å². The van der Waals surface area contributed by atoms with Gasteiger partial charge in [-0.1, -0.05) is 6.07 Å². The molecule has 3 aromatic rings. The van der Waals surface area contributed by atoms with Crippen molar-refractivity contribution in [1.29, 1.82) is 0 Å². The summed E-state index contributed by atoms with van der Waals surface area (Å²) in [6.45, 7) is 2.79. The first-order valence-electron chi connectivity index (χ1n) is 9.96. The highest BCUT2D eigenvalue weighted by atomic mass is 32.1. The second kappa shape index (κ2) is 9.10. The number of aryl methyl sites for hydroxylation is 2. The number of alkyl halides is 2. The van der Waals surface area contributed by atoms with Gasteiger partial charge in [-0.3, -0.25) is 0 Å². The van der Waals surface area contributed by atoms with E-state index in [9.17, 15) is 8.78 Å². The van der Waals surface area contributed by atoms with Crippen molar-refractivity contribution in [2.24, 2.45) is 4.99 Å². The van der Waals surface area contributed by atoms with E-state index >= 15 is 0 Å². The summed E-state index contributed by atoms with van der Waals surface area (Å²) < 4.78 is 37.4. The SMILES string of the molecule is Cc1cc(C)cc(N=c2scc(-c3ccc(OC(F)F)cc3)n2CC2CCCO2)c1. The van der Waals surface area contributed by atoms with Crippen LogP contribution in [0.4, 0.5) is 14.5 Å². The van der Waals surface area contributed by atoms with Crippen molar-refractivity contribution in [3.8, 4) is 17.0 Å². The Morgan fingerprint density at radius 2 is 1.90 bits per heavy atom. The van der Waals surface area contributed by atoms with E-state index in [4.69, 9.17) is 9.73 Å². The molecular formula is C23H24F2N2O2S. The van der Waals surface area contributed by atoms with Crippen molar-refractivity contribution in [3.63, 3.8) is 0 Å². The van der Waals surface area contributed by atoms with Crippen LogP contribution in [0.15, 0.2) is 52.8 Å². The molecule has 0 spiro atoms. The number of nitrogens with zero attached hydrogens (tertiary/aromatic N) is 2.